The van der Waals surface area contributed by atoms with Crippen LogP contribution in [0.1, 0.15) is 47.5 Å². The Morgan fingerprint density at radius 3 is 2.48 bits per heavy atom. The highest BCUT2D eigenvalue weighted by Crippen LogP contribution is 2.21. The van der Waals surface area contributed by atoms with E-state index in [9.17, 15) is 14.7 Å². The molecule has 166 valence electrons. The number of rotatable bonds is 10. The molecule has 2 rings (SSSR count). The van der Waals surface area contributed by atoms with E-state index in [0.717, 1.165) is 16.5 Å². The van der Waals surface area contributed by atoms with Crippen molar-refractivity contribution < 1.29 is 19.1 Å². The van der Waals surface area contributed by atoms with Crippen molar-refractivity contribution in [3.05, 3.63) is 75.7 Å². The maximum atomic E-state index is 12.0. The third-order valence-corrected chi connectivity index (χ3v) is 5.06. The molecule has 5 nitrogen and oxygen atoms in total. The summed E-state index contributed by atoms with van der Waals surface area (Å²) in [5, 5.41) is 11.3. The van der Waals surface area contributed by atoms with Crippen molar-refractivity contribution in [2.24, 2.45) is 5.92 Å². The number of aliphatic hydroxyl groups is 1. The maximum absolute atomic E-state index is 12.0. The number of allylic oxidation sites excluding steroid dienone is 3. The van der Waals surface area contributed by atoms with Crippen molar-refractivity contribution in [1.82, 2.24) is 0 Å². The number of benzene rings is 1. The molecule has 0 fully saturated rings. The fourth-order valence-electron chi connectivity index (χ4n) is 3.33. The Labute approximate surface area is 183 Å². The smallest absolute Gasteiger partial charge is 0.336 e. The van der Waals surface area contributed by atoms with Gasteiger partial charge in [0, 0.05) is 23.4 Å². The zero-order chi connectivity index (χ0) is 23.0. The number of fused-ring (bicyclic) bond motifs is 1. The fraction of sp³-hybridized carbons (Fsp3) is 0.385. The lowest BCUT2D eigenvalue weighted by molar-refractivity contribution is -0.119. The highest BCUT2D eigenvalue weighted by atomic mass is 16.5. The van der Waals surface area contributed by atoms with Crippen molar-refractivity contribution in [1.29, 1.82) is 0 Å². The molecule has 0 amide bonds. The van der Waals surface area contributed by atoms with E-state index in [4.69, 9.17) is 9.15 Å². The van der Waals surface area contributed by atoms with Crippen LogP contribution >= 0.6 is 0 Å². The molecule has 1 N–H and O–H groups in total. The monoisotopic (exact) mass is 424 g/mol. The molecule has 1 heterocycles. The minimum absolute atomic E-state index is 0.102. The Bertz CT molecular complexity index is 1050. The first-order chi connectivity index (χ1) is 14.7. The first kappa shape index (κ1) is 24.4. The average Bonchev–Trinajstić information content (AvgIpc) is 2.67. The average molecular weight is 425 g/mol. The molecule has 1 unspecified atom stereocenters. The van der Waals surface area contributed by atoms with Gasteiger partial charge in [-0.15, -0.1) is 0 Å². The predicted octanol–water partition coefficient (Wildman–Crippen LogP) is 5.38. The molecule has 0 saturated carbocycles. The molecule has 31 heavy (non-hydrogen) atoms. The molecule has 5 heteroatoms. The Kier molecular flexibility index (Phi) is 9.01. The Balaban J connectivity index is 1.94. The number of ether oxygens (including phenoxy) is 1. The topological polar surface area (TPSA) is 76.7 Å². The standard InChI is InChI=1S/C26H32O5/c1-17(2)6-10-24(20(5)27)19(4)15-22(28)14-18(3)12-13-30-23-9-7-21-8-11-26(29)31-25(21)16-23/h6-9,11-12,15-16,22,24,28H,10,13-14H2,1-5H3/b18-12+,19-15+/t22-,24?/m0/s1. The summed E-state index contributed by atoms with van der Waals surface area (Å²) in [4.78, 5) is 23.3. The van der Waals surface area contributed by atoms with E-state index in [1.165, 1.54) is 11.6 Å². The lowest BCUT2D eigenvalue weighted by Crippen LogP contribution is -2.14. The van der Waals surface area contributed by atoms with Crippen LogP contribution < -0.4 is 10.4 Å². The first-order valence-electron chi connectivity index (χ1n) is 10.5. The normalized spacial score (nSPS) is 14.3. The van der Waals surface area contributed by atoms with Crippen molar-refractivity contribution in [3.63, 3.8) is 0 Å². The summed E-state index contributed by atoms with van der Waals surface area (Å²) in [5.74, 6) is 0.501. The number of aliphatic hydroxyl groups excluding tert-OH is 1. The summed E-state index contributed by atoms with van der Waals surface area (Å²) in [6.45, 7) is 9.77. The highest BCUT2D eigenvalue weighted by Gasteiger charge is 2.16. The van der Waals surface area contributed by atoms with E-state index in [0.29, 0.717) is 30.8 Å². The SMILES string of the molecule is CC(=O)C(CC=C(C)C)/C(C)=C/[C@@H](O)C/C(C)=C/COc1ccc2ccc(=O)oc2c1. The van der Waals surface area contributed by atoms with E-state index in [-0.39, 0.29) is 11.7 Å². The minimum atomic E-state index is -0.667. The molecule has 0 radical (unpaired) electrons. The van der Waals surface area contributed by atoms with Crippen LogP contribution in [0.2, 0.25) is 0 Å². The van der Waals surface area contributed by atoms with E-state index in [1.807, 2.05) is 45.9 Å². The van der Waals surface area contributed by atoms with Gasteiger partial charge >= 0.3 is 5.63 Å². The first-order valence-corrected chi connectivity index (χ1v) is 10.5. The third kappa shape index (κ3) is 8.02. The van der Waals surface area contributed by atoms with Crippen LogP contribution in [-0.2, 0) is 4.79 Å². The molecular weight excluding hydrogens is 392 g/mol. The van der Waals surface area contributed by atoms with Gasteiger partial charge in [-0.05, 0) is 71.7 Å². The lowest BCUT2D eigenvalue weighted by Gasteiger charge is -2.15. The van der Waals surface area contributed by atoms with Gasteiger partial charge in [-0.2, -0.15) is 0 Å². The van der Waals surface area contributed by atoms with Gasteiger partial charge in [-0.3, -0.25) is 4.79 Å². The zero-order valence-corrected chi connectivity index (χ0v) is 19.0. The van der Waals surface area contributed by atoms with E-state index in [1.54, 1.807) is 25.1 Å². The van der Waals surface area contributed by atoms with Crippen molar-refractivity contribution in [3.8, 4) is 5.75 Å². The number of ketones is 1. The largest absolute Gasteiger partial charge is 0.489 e. The van der Waals surface area contributed by atoms with Gasteiger partial charge in [0.25, 0.3) is 0 Å². The van der Waals surface area contributed by atoms with Gasteiger partial charge in [0.05, 0.1) is 6.10 Å². The van der Waals surface area contributed by atoms with Gasteiger partial charge in [0.2, 0.25) is 0 Å². The van der Waals surface area contributed by atoms with Crippen LogP contribution in [0.5, 0.6) is 5.75 Å². The summed E-state index contributed by atoms with van der Waals surface area (Å²) < 4.78 is 10.9. The predicted molar refractivity (Wildman–Crippen MR) is 124 cm³/mol. The molecule has 0 spiro atoms. The zero-order valence-electron chi connectivity index (χ0n) is 19.0. The molecule has 2 aromatic rings. The lowest BCUT2D eigenvalue weighted by atomic mass is 9.90. The van der Waals surface area contributed by atoms with Crippen molar-refractivity contribution >= 4 is 16.8 Å². The molecule has 0 aliphatic carbocycles. The Morgan fingerprint density at radius 2 is 1.81 bits per heavy atom. The van der Waals surface area contributed by atoms with Crippen molar-refractivity contribution in [2.75, 3.05) is 6.61 Å². The van der Waals surface area contributed by atoms with E-state index >= 15 is 0 Å². The Morgan fingerprint density at radius 1 is 1.10 bits per heavy atom. The summed E-state index contributed by atoms with van der Waals surface area (Å²) in [5.41, 5.74) is 3.12. The summed E-state index contributed by atoms with van der Waals surface area (Å²) in [7, 11) is 0. The summed E-state index contributed by atoms with van der Waals surface area (Å²) >= 11 is 0. The fourth-order valence-corrected chi connectivity index (χ4v) is 3.33. The summed E-state index contributed by atoms with van der Waals surface area (Å²) in [6.07, 6.45) is 6.18. The van der Waals surface area contributed by atoms with Crippen molar-refractivity contribution in [2.45, 2.75) is 53.6 Å². The number of hydrogen-bond acceptors (Lipinski definition) is 5. The van der Waals surface area contributed by atoms with Crippen LogP contribution in [0.4, 0.5) is 0 Å². The summed E-state index contributed by atoms with van der Waals surface area (Å²) in [6, 6.07) is 8.44. The number of carbonyl (C=O) groups is 1. The number of carbonyl (C=O) groups excluding carboxylic acids is 1. The van der Waals surface area contributed by atoms with Gasteiger partial charge < -0.3 is 14.3 Å². The van der Waals surface area contributed by atoms with Gasteiger partial charge in [-0.1, -0.05) is 28.9 Å². The van der Waals surface area contributed by atoms with Crippen LogP contribution in [0.15, 0.2) is 74.5 Å². The molecule has 1 aromatic heterocycles. The highest BCUT2D eigenvalue weighted by molar-refractivity contribution is 5.81. The molecule has 2 atom stereocenters. The second-order valence-corrected chi connectivity index (χ2v) is 8.18. The Hall–Kier alpha value is -2.92. The van der Waals surface area contributed by atoms with Gasteiger partial charge in [0.1, 0.15) is 23.7 Å². The molecule has 0 aliphatic rings. The van der Waals surface area contributed by atoms with E-state index in [2.05, 4.69) is 6.08 Å². The van der Waals surface area contributed by atoms with Crippen LogP contribution in [0.3, 0.4) is 0 Å². The molecule has 0 aliphatic heterocycles. The second-order valence-electron chi connectivity index (χ2n) is 8.18. The van der Waals surface area contributed by atoms with Crippen LogP contribution in [0, 0.1) is 5.92 Å². The van der Waals surface area contributed by atoms with Crippen LogP contribution in [-0.4, -0.2) is 23.6 Å². The third-order valence-electron chi connectivity index (χ3n) is 5.06. The van der Waals surface area contributed by atoms with Crippen LogP contribution in [0.25, 0.3) is 11.0 Å². The van der Waals surface area contributed by atoms with Gasteiger partial charge in [-0.25, -0.2) is 4.79 Å². The number of Topliss-reactive ketones (excluding diaryl/α,β-unsaturated/α-hetero) is 1. The molecular formula is C26H32O5. The number of hydrogen-bond donors (Lipinski definition) is 1. The van der Waals surface area contributed by atoms with E-state index < -0.39 is 11.7 Å². The second kappa shape index (κ2) is 11.5. The quantitative estimate of drug-likeness (QED) is 0.409. The molecule has 1 aromatic carbocycles. The maximum Gasteiger partial charge on any atom is 0.336 e. The molecule has 0 saturated heterocycles. The van der Waals surface area contributed by atoms with Gasteiger partial charge in [0.15, 0.2) is 0 Å². The minimum Gasteiger partial charge on any atom is -0.489 e. The molecule has 0 bridgehead atoms.